The van der Waals surface area contributed by atoms with Crippen LogP contribution in [0.2, 0.25) is 0 Å². The lowest BCUT2D eigenvalue weighted by Crippen LogP contribution is -2.06. The van der Waals surface area contributed by atoms with Crippen molar-refractivity contribution in [2.45, 2.75) is 47.5 Å². The number of aryl methyl sites for hydroxylation is 2. The van der Waals surface area contributed by atoms with E-state index in [2.05, 4.69) is 26.8 Å². The zero-order valence-corrected chi connectivity index (χ0v) is 10.5. The lowest BCUT2D eigenvalue weighted by atomic mass is 9.88. The summed E-state index contributed by atoms with van der Waals surface area (Å²) in [6, 6.07) is 4.14. The fraction of sp³-hybridized carbons (Fsp3) is 0.571. The van der Waals surface area contributed by atoms with Crippen molar-refractivity contribution in [3.8, 4) is 5.75 Å². The van der Waals surface area contributed by atoms with E-state index in [1.54, 1.807) is 0 Å². The zero-order valence-electron chi connectivity index (χ0n) is 10.5. The van der Waals surface area contributed by atoms with Crippen molar-refractivity contribution in [1.82, 2.24) is 0 Å². The molecule has 0 aliphatic heterocycles. The number of phenols is 1. The number of aromatic hydroxyl groups is 1. The Labute approximate surface area is 93.1 Å². The Balaban J connectivity index is 2.83. The van der Waals surface area contributed by atoms with Gasteiger partial charge in [-0.25, -0.2) is 0 Å². The number of benzene rings is 1. The third kappa shape index (κ3) is 3.26. The van der Waals surface area contributed by atoms with Crippen LogP contribution < -0.4 is 0 Å². The van der Waals surface area contributed by atoms with E-state index in [1.165, 1.54) is 0 Å². The molecule has 0 aromatic heterocycles. The van der Waals surface area contributed by atoms with Gasteiger partial charge in [0.05, 0.1) is 0 Å². The van der Waals surface area contributed by atoms with Crippen molar-refractivity contribution < 1.29 is 5.11 Å². The Hall–Kier alpha value is -0.980. The molecule has 1 heteroatoms. The SMILES string of the molecule is Cc1ccc(CCC(C)(C)C)c(O)c1C. The number of phenolic OH excluding ortho intramolecular Hbond substituents is 1. The van der Waals surface area contributed by atoms with Gasteiger partial charge in [0.1, 0.15) is 5.75 Å². The average Bonchev–Trinajstić information content (AvgIpc) is 2.12. The Morgan fingerprint density at radius 1 is 1.13 bits per heavy atom. The summed E-state index contributed by atoms with van der Waals surface area (Å²) < 4.78 is 0. The van der Waals surface area contributed by atoms with Gasteiger partial charge in [-0.3, -0.25) is 0 Å². The first-order chi connectivity index (χ1) is 6.81. The van der Waals surface area contributed by atoms with Gasteiger partial charge in [-0.05, 0) is 48.8 Å². The Bertz CT molecular complexity index is 345. The minimum Gasteiger partial charge on any atom is -0.507 e. The van der Waals surface area contributed by atoms with Crippen molar-refractivity contribution in [2.75, 3.05) is 0 Å². The van der Waals surface area contributed by atoms with Crippen molar-refractivity contribution in [3.05, 3.63) is 28.8 Å². The molecule has 0 aliphatic rings. The maximum Gasteiger partial charge on any atom is 0.121 e. The van der Waals surface area contributed by atoms with E-state index in [1.807, 2.05) is 19.9 Å². The average molecular weight is 206 g/mol. The van der Waals surface area contributed by atoms with Crippen molar-refractivity contribution in [3.63, 3.8) is 0 Å². The summed E-state index contributed by atoms with van der Waals surface area (Å²) in [7, 11) is 0. The molecule has 0 saturated carbocycles. The lowest BCUT2D eigenvalue weighted by Gasteiger charge is -2.18. The molecule has 1 nitrogen and oxygen atoms in total. The molecule has 0 unspecified atom stereocenters. The number of rotatable bonds is 2. The van der Waals surface area contributed by atoms with Crippen LogP contribution >= 0.6 is 0 Å². The Morgan fingerprint density at radius 3 is 2.27 bits per heavy atom. The van der Waals surface area contributed by atoms with Gasteiger partial charge >= 0.3 is 0 Å². The molecule has 1 N–H and O–H groups in total. The zero-order chi connectivity index (χ0) is 11.6. The monoisotopic (exact) mass is 206 g/mol. The second kappa shape index (κ2) is 4.26. The van der Waals surface area contributed by atoms with Gasteiger partial charge in [-0.15, -0.1) is 0 Å². The van der Waals surface area contributed by atoms with E-state index < -0.39 is 0 Å². The summed E-state index contributed by atoms with van der Waals surface area (Å²) in [5.41, 5.74) is 3.58. The predicted octanol–water partition coefficient (Wildman–Crippen LogP) is 3.99. The highest BCUT2D eigenvalue weighted by Crippen LogP contribution is 2.29. The topological polar surface area (TPSA) is 20.2 Å². The highest BCUT2D eigenvalue weighted by atomic mass is 16.3. The van der Waals surface area contributed by atoms with E-state index in [4.69, 9.17) is 0 Å². The molecule has 0 spiro atoms. The van der Waals surface area contributed by atoms with Crippen LogP contribution in [0.15, 0.2) is 12.1 Å². The molecule has 0 radical (unpaired) electrons. The summed E-state index contributed by atoms with van der Waals surface area (Å²) in [5, 5.41) is 9.98. The molecule has 0 amide bonds. The van der Waals surface area contributed by atoms with E-state index in [0.717, 1.165) is 29.5 Å². The molecule has 1 aromatic rings. The molecule has 1 rings (SSSR count). The van der Waals surface area contributed by atoms with Crippen LogP contribution in [0, 0.1) is 19.3 Å². The minimum absolute atomic E-state index is 0.325. The van der Waals surface area contributed by atoms with Gasteiger partial charge in [0.25, 0.3) is 0 Å². The normalized spacial score (nSPS) is 11.8. The largest absolute Gasteiger partial charge is 0.507 e. The second-order valence-corrected chi connectivity index (χ2v) is 5.58. The van der Waals surface area contributed by atoms with Gasteiger partial charge in [0.2, 0.25) is 0 Å². The molecule has 1 aromatic carbocycles. The molecular formula is C14H22O. The van der Waals surface area contributed by atoms with Gasteiger partial charge in [0.15, 0.2) is 0 Å². The quantitative estimate of drug-likeness (QED) is 0.775. The number of hydrogen-bond donors (Lipinski definition) is 1. The fourth-order valence-corrected chi connectivity index (χ4v) is 1.57. The summed E-state index contributed by atoms with van der Waals surface area (Å²) in [6.45, 7) is 10.7. The first-order valence-corrected chi connectivity index (χ1v) is 5.59. The molecular weight excluding hydrogens is 184 g/mol. The van der Waals surface area contributed by atoms with Crippen LogP contribution in [0.3, 0.4) is 0 Å². The fourth-order valence-electron chi connectivity index (χ4n) is 1.57. The summed E-state index contributed by atoms with van der Waals surface area (Å²) >= 11 is 0. The van der Waals surface area contributed by atoms with Gasteiger partial charge < -0.3 is 5.11 Å². The van der Waals surface area contributed by atoms with Crippen LogP contribution in [0.4, 0.5) is 0 Å². The highest BCUT2D eigenvalue weighted by molar-refractivity contribution is 5.44. The smallest absolute Gasteiger partial charge is 0.121 e. The Morgan fingerprint density at radius 2 is 1.73 bits per heavy atom. The van der Waals surface area contributed by atoms with Gasteiger partial charge in [-0.2, -0.15) is 0 Å². The van der Waals surface area contributed by atoms with Gasteiger partial charge in [0, 0.05) is 0 Å². The minimum atomic E-state index is 0.325. The van der Waals surface area contributed by atoms with Crippen LogP contribution in [-0.2, 0) is 6.42 Å². The third-order valence-corrected chi connectivity index (χ3v) is 2.93. The van der Waals surface area contributed by atoms with Crippen LogP contribution in [0.25, 0.3) is 0 Å². The van der Waals surface area contributed by atoms with E-state index in [0.29, 0.717) is 11.2 Å². The van der Waals surface area contributed by atoms with Crippen LogP contribution in [0.5, 0.6) is 5.75 Å². The van der Waals surface area contributed by atoms with Crippen molar-refractivity contribution in [1.29, 1.82) is 0 Å². The molecule has 0 bridgehead atoms. The van der Waals surface area contributed by atoms with Crippen LogP contribution in [-0.4, -0.2) is 5.11 Å². The molecule has 0 heterocycles. The van der Waals surface area contributed by atoms with E-state index in [-0.39, 0.29) is 0 Å². The summed E-state index contributed by atoms with van der Waals surface area (Å²) in [4.78, 5) is 0. The second-order valence-electron chi connectivity index (χ2n) is 5.58. The first kappa shape index (κ1) is 12.1. The van der Waals surface area contributed by atoms with Gasteiger partial charge in [-0.1, -0.05) is 32.9 Å². The standard InChI is InChI=1S/C14H22O/c1-10-6-7-12(13(15)11(10)2)8-9-14(3,4)5/h6-7,15H,8-9H2,1-5H3. The molecule has 0 fully saturated rings. The highest BCUT2D eigenvalue weighted by Gasteiger charge is 2.12. The summed E-state index contributed by atoms with van der Waals surface area (Å²) in [5.74, 6) is 0.485. The van der Waals surface area contributed by atoms with Crippen molar-refractivity contribution in [2.24, 2.45) is 5.41 Å². The third-order valence-electron chi connectivity index (χ3n) is 2.93. The Kier molecular flexibility index (Phi) is 3.43. The molecule has 0 atom stereocenters. The van der Waals surface area contributed by atoms with E-state index in [9.17, 15) is 5.11 Å². The van der Waals surface area contributed by atoms with Crippen LogP contribution in [0.1, 0.15) is 43.9 Å². The maximum atomic E-state index is 9.98. The van der Waals surface area contributed by atoms with E-state index >= 15 is 0 Å². The first-order valence-electron chi connectivity index (χ1n) is 5.59. The number of hydrogen-bond acceptors (Lipinski definition) is 1. The molecule has 0 aliphatic carbocycles. The molecule has 15 heavy (non-hydrogen) atoms. The predicted molar refractivity (Wildman–Crippen MR) is 65.4 cm³/mol. The lowest BCUT2D eigenvalue weighted by molar-refractivity contribution is 0.373. The molecule has 84 valence electrons. The molecule has 0 saturated heterocycles. The maximum absolute atomic E-state index is 9.98. The van der Waals surface area contributed by atoms with Crippen molar-refractivity contribution >= 4 is 0 Å². The summed E-state index contributed by atoms with van der Waals surface area (Å²) in [6.07, 6.45) is 2.06.